The molecule has 4 nitrogen and oxygen atoms in total. The third-order valence-electron chi connectivity index (χ3n) is 6.30. The molecule has 0 bridgehead atoms. The molecule has 1 heterocycles. The van der Waals surface area contributed by atoms with E-state index >= 15 is 0 Å². The summed E-state index contributed by atoms with van der Waals surface area (Å²) in [7, 11) is 0. The van der Waals surface area contributed by atoms with E-state index in [9.17, 15) is 9.90 Å². The van der Waals surface area contributed by atoms with Crippen molar-refractivity contribution in [3.8, 4) is 11.6 Å². The van der Waals surface area contributed by atoms with Gasteiger partial charge in [-0.15, -0.1) is 12.1 Å². The van der Waals surface area contributed by atoms with Gasteiger partial charge in [0.05, 0.1) is 11.1 Å². The maximum absolute atomic E-state index is 11.6. The molecule has 0 fully saturated rings. The Balaban J connectivity index is 0.000000270. The Bertz CT molecular complexity index is 1280. The first-order chi connectivity index (χ1) is 17.0. The van der Waals surface area contributed by atoms with Gasteiger partial charge >= 0.3 is 0 Å². The van der Waals surface area contributed by atoms with E-state index in [-0.39, 0.29) is 43.5 Å². The first-order valence-corrected chi connectivity index (χ1v) is 12.3. The van der Waals surface area contributed by atoms with Crippen LogP contribution in [0.25, 0.3) is 21.5 Å². The molecule has 0 saturated carbocycles. The molecule has 1 unspecified atom stereocenters. The molecule has 0 aliphatic rings. The molecule has 1 aromatic heterocycles. The van der Waals surface area contributed by atoms with Crippen LogP contribution >= 0.6 is 0 Å². The number of ketones is 1. The SMILES string of the molecule is CCC(CC)C(=O)/C=C(\O)C(C)CC.[Ir].[c-]1ccccc1Oc1nccc2ccc3ccccc3c12. The van der Waals surface area contributed by atoms with Crippen molar-refractivity contribution >= 4 is 27.3 Å². The van der Waals surface area contributed by atoms with Crippen molar-refractivity contribution in [2.75, 3.05) is 0 Å². The van der Waals surface area contributed by atoms with Gasteiger partial charge in [-0.05, 0) is 41.5 Å². The summed E-state index contributed by atoms with van der Waals surface area (Å²) < 4.78 is 5.93. The summed E-state index contributed by atoms with van der Waals surface area (Å²) in [6.07, 6.45) is 5.74. The van der Waals surface area contributed by atoms with Crippen LogP contribution in [0, 0.1) is 17.9 Å². The third-order valence-corrected chi connectivity index (χ3v) is 6.30. The minimum atomic E-state index is 0. The zero-order valence-corrected chi connectivity index (χ0v) is 23.7. The fourth-order valence-electron chi connectivity index (χ4n) is 3.84. The number of aliphatic hydroxyl groups excluding tert-OH is 1. The molecular weight excluding hydrogens is 627 g/mol. The van der Waals surface area contributed by atoms with Crippen LogP contribution in [0.2, 0.25) is 0 Å². The Kier molecular flexibility index (Phi) is 11.8. The molecule has 1 radical (unpaired) electrons. The standard InChI is InChI=1S/C19H12NO.C12H22O2.Ir/c1-2-7-16(8-3-1)21-19-18-15(12-13-20-19)11-10-14-6-4-5-9-17(14)18;1-5-9(4)11(13)8-12(14)10(6-2)7-3;/h1-7,9-13H;8-10,13H,5-7H2,1-4H3;/q-1;;/b;11-8-;. The number of hydrogen-bond acceptors (Lipinski definition) is 4. The Morgan fingerprint density at radius 3 is 2.33 bits per heavy atom. The Morgan fingerprint density at radius 1 is 0.972 bits per heavy atom. The number of aliphatic hydroxyl groups is 1. The van der Waals surface area contributed by atoms with Crippen LogP contribution in [-0.4, -0.2) is 15.9 Å². The van der Waals surface area contributed by atoms with Crippen LogP contribution in [0.1, 0.15) is 47.0 Å². The first kappa shape index (κ1) is 29.2. The number of nitrogens with zero attached hydrogens (tertiary/aromatic N) is 1. The Morgan fingerprint density at radius 2 is 1.67 bits per heavy atom. The van der Waals surface area contributed by atoms with Crippen LogP contribution in [0.4, 0.5) is 0 Å². The molecule has 0 aliphatic heterocycles. The Labute approximate surface area is 227 Å². The number of para-hydroxylation sites is 1. The molecule has 4 aromatic rings. The zero-order chi connectivity index (χ0) is 25.2. The smallest absolute Gasteiger partial charge is 0.225 e. The number of carbonyl (C=O) groups excluding carboxylic acids is 1. The van der Waals surface area contributed by atoms with E-state index in [0.717, 1.165) is 35.4 Å². The van der Waals surface area contributed by atoms with Crippen molar-refractivity contribution in [2.24, 2.45) is 11.8 Å². The van der Waals surface area contributed by atoms with E-state index < -0.39 is 0 Å². The van der Waals surface area contributed by atoms with Crippen molar-refractivity contribution < 1.29 is 34.7 Å². The van der Waals surface area contributed by atoms with E-state index in [1.54, 1.807) is 6.20 Å². The summed E-state index contributed by atoms with van der Waals surface area (Å²) in [5.74, 6) is 1.74. The first-order valence-electron chi connectivity index (χ1n) is 12.3. The normalized spacial score (nSPS) is 12.0. The maximum Gasteiger partial charge on any atom is 0.225 e. The average molecular weight is 661 g/mol. The van der Waals surface area contributed by atoms with Gasteiger partial charge in [0.1, 0.15) is 0 Å². The summed E-state index contributed by atoms with van der Waals surface area (Å²) in [5, 5.41) is 14.1. The number of rotatable bonds is 8. The summed E-state index contributed by atoms with van der Waals surface area (Å²) in [4.78, 5) is 16.0. The third kappa shape index (κ3) is 7.49. The molecule has 5 heteroatoms. The predicted octanol–water partition coefficient (Wildman–Crippen LogP) is 8.46. The molecule has 3 aromatic carbocycles. The second kappa shape index (κ2) is 14.5. The Hall–Kier alpha value is -3.01. The summed E-state index contributed by atoms with van der Waals surface area (Å²) in [6, 6.07) is 25.1. The van der Waals surface area contributed by atoms with Gasteiger partial charge in [0.15, 0.2) is 5.78 Å². The van der Waals surface area contributed by atoms with Gasteiger partial charge in [0, 0.05) is 50.0 Å². The van der Waals surface area contributed by atoms with Gasteiger partial charge in [0.2, 0.25) is 5.88 Å². The number of aromatic nitrogens is 1. The predicted molar refractivity (Wildman–Crippen MR) is 144 cm³/mol. The molecule has 0 amide bonds. The van der Waals surface area contributed by atoms with E-state index in [1.165, 1.54) is 11.5 Å². The van der Waals surface area contributed by atoms with Gasteiger partial charge in [0.25, 0.3) is 0 Å². The number of carbonyl (C=O) groups is 1. The van der Waals surface area contributed by atoms with Gasteiger partial charge in [-0.3, -0.25) is 4.79 Å². The van der Waals surface area contributed by atoms with Gasteiger partial charge in [-0.25, -0.2) is 4.98 Å². The van der Waals surface area contributed by atoms with E-state index in [0.29, 0.717) is 11.6 Å². The van der Waals surface area contributed by atoms with Crippen molar-refractivity contribution in [1.29, 1.82) is 0 Å². The average Bonchev–Trinajstić information content (AvgIpc) is 2.89. The van der Waals surface area contributed by atoms with Crippen molar-refractivity contribution in [3.05, 3.63) is 90.8 Å². The minimum Gasteiger partial charge on any atom is -0.512 e. The van der Waals surface area contributed by atoms with E-state index in [4.69, 9.17) is 4.74 Å². The maximum atomic E-state index is 11.6. The molecule has 191 valence electrons. The number of allylic oxidation sites excluding steroid dienone is 2. The largest absolute Gasteiger partial charge is 0.512 e. The van der Waals surface area contributed by atoms with Crippen LogP contribution in [0.3, 0.4) is 0 Å². The molecule has 4 rings (SSSR count). The van der Waals surface area contributed by atoms with E-state index in [2.05, 4.69) is 35.3 Å². The fraction of sp³-hybridized carbons (Fsp3) is 0.290. The van der Waals surface area contributed by atoms with Crippen molar-refractivity contribution in [3.63, 3.8) is 0 Å². The molecule has 0 spiro atoms. The van der Waals surface area contributed by atoms with Crippen LogP contribution in [0.5, 0.6) is 11.6 Å². The molecule has 1 atom stereocenters. The quantitative estimate of drug-likeness (QED) is 0.0892. The number of pyridine rings is 1. The van der Waals surface area contributed by atoms with Crippen molar-refractivity contribution in [1.82, 2.24) is 4.98 Å². The van der Waals surface area contributed by atoms with Gasteiger partial charge in [-0.2, -0.15) is 18.2 Å². The van der Waals surface area contributed by atoms with Crippen LogP contribution < -0.4 is 4.74 Å². The second-order valence-electron chi connectivity index (χ2n) is 8.62. The molecule has 0 saturated heterocycles. The topological polar surface area (TPSA) is 59.4 Å². The van der Waals surface area contributed by atoms with Gasteiger partial charge < -0.3 is 9.84 Å². The molecule has 1 N–H and O–H groups in total. The number of benzene rings is 3. The van der Waals surface area contributed by atoms with E-state index in [1.807, 2.05) is 70.2 Å². The molecule has 0 aliphatic carbocycles. The van der Waals surface area contributed by atoms with Crippen molar-refractivity contribution in [2.45, 2.75) is 47.0 Å². The van der Waals surface area contributed by atoms with Gasteiger partial charge in [-0.1, -0.05) is 64.1 Å². The van der Waals surface area contributed by atoms with Crippen LogP contribution in [-0.2, 0) is 24.9 Å². The number of fused-ring (bicyclic) bond motifs is 3. The summed E-state index contributed by atoms with van der Waals surface area (Å²) in [6.45, 7) is 7.92. The summed E-state index contributed by atoms with van der Waals surface area (Å²) in [5.41, 5.74) is 0. The fourth-order valence-corrected chi connectivity index (χ4v) is 3.84. The monoisotopic (exact) mass is 661 g/mol. The zero-order valence-electron chi connectivity index (χ0n) is 21.3. The molecular formula is C31H34IrNO3-. The number of ether oxygens (including phenoxy) is 1. The molecule has 36 heavy (non-hydrogen) atoms. The minimum absolute atomic E-state index is 0. The number of hydrogen-bond donors (Lipinski definition) is 1. The summed E-state index contributed by atoms with van der Waals surface area (Å²) >= 11 is 0. The van der Waals surface area contributed by atoms with Crippen LogP contribution in [0.15, 0.2) is 84.8 Å². The second-order valence-corrected chi connectivity index (χ2v) is 8.62.